The summed E-state index contributed by atoms with van der Waals surface area (Å²) in [6, 6.07) is 14.1. The number of morpholine rings is 1. The fourth-order valence-electron chi connectivity index (χ4n) is 4.65. The Morgan fingerprint density at radius 3 is 2.69 bits per heavy atom. The molecule has 0 spiro atoms. The highest BCUT2D eigenvalue weighted by Gasteiger charge is 2.31. The van der Waals surface area contributed by atoms with E-state index in [0.717, 1.165) is 51.5 Å². The number of nitrogens with zero attached hydrogens (tertiary/aromatic N) is 4. The second-order valence-corrected chi connectivity index (χ2v) is 9.73. The SMILES string of the molecule is O=C(CSc1nnc(-c2ccco2)n1Cc1ccccc1)NCC(C1CCOC1)N1CCOCC1. The number of thioether (sulfide) groups is 1. The fraction of sp³-hybridized carbons (Fsp3) is 0.480. The molecule has 5 rings (SSSR count). The van der Waals surface area contributed by atoms with E-state index in [1.165, 1.54) is 11.8 Å². The minimum Gasteiger partial charge on any atom is -0.461 e. The lowest BCUT2D eigenvalue weighted by molar-refractivity contribution is -0.119. The summed E-state index contributed by atoms with van der Waals surface area (Å²) in [7, 11) is 0. The first kappa shape index (κ1) is 24.1. The van der Waals surface area contributed by atoms with Gasteiger partial charge in [0.05, 0.1) is 38.4 Å². The minimum atomic E-state index is -0.0130. The quantitative estimate of drug-likeness (QED) is 0.427. The van der Waals surface area contributed by atoms with Crippen LogP contribution in [-0.2, 0) is 20.8 Å². The van der Waals surface area contributed by atoms with Crippen LogP contribution in [0.25, 0.3) is 11.6 Å². The lowest BCUT2D eigenvalue weighted by Crippen LogP contribution is -2.52. The first-order valence-corrected chi connectivity index (χ1v) is 13.1. The summed E-state index contributed by atoms with van der Waals surface area (Å²) in [6.45, 7) is 6.02. The summed E-state index contributed by atoms with van der Waals surface area (Å²) in [5, 5.41) is 12.6. The molecule has 2 atom stereocenters. The Morgan fingerprint density at radius 1 is 1.09 bits per heavy atom. The Kier molecular flexibility index (Phi) is 8.14. The molecule has 0 aliphatic carbocycles. The van der Waals surface area contributed by atoms with Crippen molar-refractivity contribution in [1.29, 1.82) is 0 Å². The molecule has 9 nitrogen and oxygen atoms in total. The van der Waals surface area contributed by atoms with E-state index in [1.807, 2.05) is 34.9 Å². The van der Waals surface area contributed by atoms with E-state index in [4.69, 9.17) is 13.9 Å². The Bertz CT molecular complexity index is 1060. The monoisotopic (exact) mass is 497 g/mol. The maximum atomic E-state index is 12.8. The normalized spacial score (nSPS) is 19.6. The number of amides is 1. The number of rotatable bonds is 10. The lowest BCUT2D eigenvalue weighted by atomic mass is 9.97. The van der Waals surface area contributed by atoms with Crippen molar-refractivity contribution in [3.63, 3.8) is 0 Å². The summed E-state index contributed by atoms with van der Waals surface area (Å²) >= 11 is 1.39. The van der Waals surface area contributed by atoms with Crippen LogP contribution in [0.4, 0.5) is 0 Å². The van der Waals surface area contributed by atoms with Gasteiger partial charge in [0, 0.05) is 38.2 Å². The average Bonchev–Trinajstić information content (AvgIpc) is 3.67. The summed E-state index contributed by atoms with van der Waals surface area (Å²) in [5.41, 5.74) is 1.12. The van der Waals surface area contributed by atoms with Crippen molar-refractivity contribution >= 4 is 17.7 Å². The van der Waals surface area contributed by atoms with Gasteiger partial charge in [0.1, 0.15) is 0 Å². The van der Waals surface area contributed by atoms with Crippen LogP contribution in [0.3, 0.4) is 0 Å². The Balaban J connectivity index is 1.22. The molecule has 1 amide bonds. The molecule has 2 fully saturated rings. The second kappa shape index (κ2) is 11.9. The summed E-state index contributed by atoms with van der Waals surface area (Å²) < 4.78 is 18.7. The molecule has 2 aliphatic heterocycles. The third kappa shape index (κ3) is 6.13. The van der Waals surface area contributed by atoms with Gasteiger partial charge in [0.2, 0.25) is 11.7 Å². The van der Waals surface area contributed by atoms with Crippen LogP contribution in [0.1, 0.15) is 12.0 Å². The van der Waals surface area contributed by atoms with Crippen molar-refractivity contribution in [3.8, 4) is 11.6 Å². The van der Waals surface area contributed by atoms with Gasteiger partial charge in [-0.1, -0.05) is 42.1 Å². The van der Waals surface area contributed by atoms with Crippen molar-refractivity contribution in [2.24, 2.45) is 5.92 Å². The molecule has 3 aromatic rings. The smallest absolute Gasteiger partial charge is 0.230 e. The summed E-state index contributed by atoms with van der Waals surface area (Å²) in [4.78, 5) is 15.3. The number of aromatic nitrogens is 3. The highest BCUT2D eigenvalue weighted by Crippen LogP contribution is 2.26. The van der Waals surface area contributed by atoms with Crippen LogP contribution >= 0.6 is 11.8 Å². The van der Waals surface area contributed by atoms with Gasteiger partial charge in [-0.15, -0.1) is 10.2 Å². The highest BCUT2D eigenvalue weighted by molar-refractivity contribution is 7.99. The van der Waals surface area contributed by atoms with Gasteiger partial charge in [0.25, 0.3) is 0 Å². The topological polar surface area (TPSA) is 94.7 Å². The number of carbonyl (C=O) groups excluding carboxylic acids is 1. The van der Waals surface area contributed by atoms with Gasteiger partial charge in [-0.25, -0.2) is 0 Å². The summed E-state index contributed by atoms with van der Waals surface area (Å²) in [6.07, 6.45) is 2.65. The van der Waals surface area contributed by atoms with Gasteiger partial charge < -0.3 is 19.2 Å². The van der Waals surface area contributed by atoms with Crippen LogP contribution < -0.4 is 5.32 Å². The predicted molar refractivity (Wildman–Crippen MR) is 132 cm³/mol. The molecule has 0 radical (unpaired) electrons. The first-order valence-electron chi connectivity index (χ1n) is 12.1. The third-order valence-corrected chi connectivity index (χ3v) is 7.47. The standard InChI is InChI=1S/C25H31N5O4S/c31-23(26-15-21(20-8-12-33-17-20)29-9-13-32-14-10-29)18-35-25-28-27-24(22-7-4-11-34-22)30(25)16-19-5-2-1-3-6-19/h1-7,11,20-21H,8-10,12-18H2,(H,26,31). The maximum absolute atomic E-state index is 12.8. The summed E-state index contributed by atoms with van der Waals surface area (Å²) in [5.74, 6) is 1.99. The number of nitrogens with one attached hydrogen (secondary N) is 1. The molecule has 186 valence electrons. The molecule has 4 heterocycles. The van der Waals surface area contributed by atoms with E-state index >= 15 is 0 Å². The van der Waals surface area contributed by atoms with E-state index in [0.29, 0.717) is 35.7 Å². The van der Waals surface area contributed by atoms with Crippen molar-refractivity contribution in [2.75, 3.05) is 51.8 Å². The Hall–Kier alpha value is -2.66. The third-order valence-electron chi connectivity index (χ3n) is 6.51. The largest absolute Gasteiger partial charge is 0.461 e. The Morgan fingerprint density at radius 2 is 1.94 bits per heavy atom. The number of hydrogen-bond donors (Lipinski definition) is 1. The van der Waals surface area contributed by atoms with Crippen molar-refractivity contribution in [1.82, 2.24) is 25.0 Å². The minimum absolute atomic E-state index is 0.0130. The molecule has 0 saturated carbocycles. The zero-order valence-corrected chi connectivity index (χ0v) is 20.5. The van der Waals surface area contributed by atoms with E-state index in [-0.39, 0.29) is 17.7 Å². The van der Waals surface area contributed by atoms with Crippen molar-refractivity contribution < 1.29 is 18.7 Å². The molecule has 0 bridgehead atoms. The van der Waals surface area contributed by atoms with E-state index < -0.39 is 0 Å². The molecule has 2 aromatic heterocycles. The average molecular weight is 498 g/mol. The number of ether oxygens (including phenoxy) is 2. The fourth-order valence-corrected chi connectivity index (χ4v) is 5.42. The molecule has 2 aliphatic rings. The van der Waals surface area contributed by atoms with Crippen LogP contribution in [-0.4, -0.2) is 83.4 Å². The van der Waals surface area contributed by atoms with Gasteiger partial charge >= 0.3 is 0 Å². The lowest BCUT2D eigenvalue weighted by Gasteiger charge is -2.37. The number of carbonyl (C=O) groups is 1. The van der Waals surface area contributed by atoms with Crippen LogP contribution in [0.2, 0.25) is 0 Å². The molecular formula is C25H31N5O4S. The van der Waals surface area contributed by atoms with Crippen LogP contribution in [0.15, 0.2) is 58.3 Å². The van der Waals surface area contributed by atoms with Crippen LogP contribution in [0.5, 0.6) is 0 Å². The maximum Gasteiger partial charge on any atom is 0.230 e. The van der Waals surface area contributed by atoms with E-state index in [9.17, 15) is 4.79 Å². The molecule has 1 aromatic carbocycles. The second-order valence-electron chi connectivity index (χ2n) is 8.79. The molecule has 10 heteroatoms. The van der Waals surface area contributed by atoms with Gasteiger partial charge in [-0.3, -0.25) is 14.3 Å². The van der Waals surface area contributed by atoms with Crippen LogP contribution in [0, 0.1) is 5.92 Å². The van der Waals surface area contributed by atoms with Gasteiger partial charge in [0.15, 0.2) is 10.9 Å². The van der Waals surface area contributed by atoms with Gasteiger partial charge in [-0.2, -0.15) is 0 Å². The van der Waals surface area contributed by atoms with Gasteiger partial charge in [-0.05, 0) is 24.1 Å². The number of hydrogen-bond acceptors (Lipinski definition) is 8. The van der Waals surface area contributed by atoms with E-state index in [2.05, 4.69) is 32.5 Å². The molecule has 2 saturated heterocycles. The molecular weight excluding hydrogens is 466 g/mol. The molecule has 35 heavy (non-hydrogen) atoms. The van der Waals surface area contributed by atoms with Crippen molar-refractivity contribution in [3.05, 3.63) is 54.3 Å². The zero-order chi connectivity index (χ0) is 23.9. The van der Waals surface area contributed by atoms with E-state index in [1.54, 1.807) is 6.26 Å². The molecule has 2 unspecified atom stereocenters. The zero-order valence-electron chi connectivity index (χ0n) is 19.7. The van der Waals surface area contributed by atoms with Crippen molar-refractivity contribution in [2.45, 2.75) is 24.2 Å². The number of benzene rings is 1. The molecule has 1 N–H and O–H groups in total. The predicted octanol–water partition coefficient (Wildman–Crippen LogP) is 2.53. The number of furan rings is 1. The Labute approximate surface area is 209 Å². The highest BCUT2D eigenvalue weighted by atomic mass is 32.2. The first-order chi connectivity index (χ1) is 17.3.